The van der Waals surface area contributed by atoms with Crippen LogP contribution >= 0.6 is 35.7 Å². The molecule has 0 amide bonds. The number of rotatable bonds is 9. The molecule has 1 aromatic carbocycles. The zero-order valence-electron chi connectivity index (χ0n) is 18.7. The second kappa shape index (κ2) is 12.6. The minimum atomic E-state index is 0. The van der Waals surface area contributed by atoms with Crippen LogP contribution in [0.15, 0.2) is 58.7 Å². The SMILES string of the molecule is CCNC(=NCC1(Sc2ccccc2)CC1)NCCN1CCN(c2ncccn2)CC1.I. The Hall–Kier alpha value is -1.59. The molecule has 0 radical (unpaired) electrons. The number of benzene rings is 1. The standard InChI is InChI=1S/C23H33N7S.HI/c1-2-24-21(28-19-23(9-10-23)31-20-7-4-3-5-8-20)25-13-14-29-15-17-30(18-16-29)22-26-11-6-12-27-22;/h3-8,11-12H,2,9-10,13-19H2,1H3,(H2,24,25,28);1H. The van der Waals surface area contributed by atoms with Crippen molar-refractivity contribution in [1.29, 1.82) is 0 Å². The van der Waals surface area contributed by atoms with Gasteiger partial charge < -0.3 is 15.5 Å². The van der Waals surface area contributed by atoms with E-state index in [1.54, 1.807) is 0 Å². The number of nitrogens with one attached hydrogen (secondary N) is 2. The van der Waals surface area contributed by atoms with Crippen molar-refractivity contribution in [3.05, 3.63) is 48.8 Å². The summed E-state index contributed by atoms with van der Waals surface area (Å²) in [4.78, 5) is 19.7. The lowest BCUT2D eigenvalue weighted by molar-refractivity contribution is 0.260. The molecule has 0 atom stereocenters. The molecule has 9 heteroatoms. The minimum absolute atomic E-state index is 0. The van der Waals surface area contributed by atoms with Crippen molar-refractivity contribution in [2.45, 2.75) is 29.4 Å². The van der Waals surface area contributed by atoms with E-state index in [4.69, 9.17) is 4.99 Å². The highest BCUT2D eigenvalue weighted by Crippen LogP contribution is 2.51. The Morgan fingerprint density at radius 3 is 2.41 bits per heavy atom. The molecule has 0 bridgehead atoms. The van der Waals surface area contributed by atoms with Gasteiger partial charge in [-0.3, -0.25) is 9.89 Å². The van der Waals surface area contributed by atoms with Crippen molar-refractivity contribution in [1.82, 2.24) is 25.5 Å². The summed E-state index contributed by atoms with van der Waals surface area (Å²) in [6.07, 6.45) is 6.10. The average Bonchev–Trinajstić information content (AvgIpc) is 3.58. The van der Waals surface area contributed by atoms with Crippen LogP contribution in [0.4, 0.5) is 5.95 Å². The lowest BCUT2D eigenvalue weighted by Gasteiger charge is -2.34. The largest absolute Gasteiger partial charge is 0.357 e. The highest BCUT2D eigenvalue weighted by Gasteiger charge is 2.43. The molecule has 2 heterocycles. The molecule has 1 aromatic heterocycles. The van der Waals surface area contributed by atoms with E-state index in [1.807, 2.05) is 30.2 Å². The molecule has 1 aliphatic carbocycles. The zero-order chi connectivity index (χ0) is 21.4. The predicted molar refractivity (Wildman–Crippen MR) is 144 cm³/mol. The average molecular weight is 568 g/mol. The van der Waals surface area contributed by atoms with E-state index < -0.39 is 0 Å². The van der Waals surface area contributed by atoms with Gasteiger partial charge in [0.25, 0.3) is 0 Å². The first-order chi connectivity index (χ1) is 15.3. The number of aromatic nitrogens is 2. The summed E-state index contributed by atoms with van der Waals surface area (Å²) in [5, 5.41) is 6.92. The molecule has 0 spiro atoms. The van der Waals surface area contributed by atoms with Gasteiger partial charge in [-0.05, 0) is 38.0 Å². The first kappa shape index (κ1) is 25.0. The third kappa shape index (κ3) is 7.48. The lowest BCUT2D eigenvalue weighted by Crippen LogP contribution is -2.49. The van der Waals surface area contributed by atoms with Crippen LogP contribution in [0.2, 0.25) is 0 Å². The Morgan fingerprint density at radius 1 is 1.03 bits per heavy atom. The van der Waals surface area contributed by atoms with E-state index in [2.05, 4.69) is 67.7 Å². The van der Waals surface area contributed by atoms with E-state index in [0.29, 0.717) is 0 Å². The molecular formula is C23H34IN7S. The van der Waals surface area contributed by atoms with Crippen molar-refractivity contribution in [3.63, 3.8) is 0 Å². The van der Waals surface area contributed by atoms with Gasteiger partial charge in [-0.1, -0.05) is 18.2 Å². The van der Waals surface area contributed by atoms with Gasteiger partial charge in [0.2, 0.25) is 5.95 Å². The Labute approximate surface area is 212 Å². The first-order valence-corrected chi connectivity index (χ1v) is 12.1. The number of guanidine groups is 1. The number of piperazine rings is 1. The molecule has 7 nitrogen and oxygen atoms in total. The lowest BCUT2D eigenvalue weighted by atomic mass is 10.3. The summed E-state index contributed by atoms with van der Waals surface area (Å²) in [6, 6.07) is 12.5. The Balaban J connectivity index is 0.00000289. The fourth-order valence-electron chi connectivity index (χ4n) is 3.69. The number of hydrogen-bond donors (Lipinski definition) is 2. The number of nitrogens with zero attached hydrogens (tertiary/aromatic N) is 5. The summed E-state index contributed by atoms with van der Waals surface area (Å²) in [5.41, 5.74) is 0. The minimum Gasteiger partial charge on any atom is -0.357 e. The topological polar surface area (TPSA) is 68.7 Å². The highest BCUT2D eigenvalue weighted by molar-refractivity contribution is 14.0. The van der Waals surface area contributed by atoms with Crippen LogP contribution < -0.4 is 15.5 Å². The summed E-state index contributed by atoms with van der Waals surface area (Å²) < 4.78 is 0.277. The molecule has 1 saturated carbocycles. The molecule has 32 heavy (non-hydrogen) atoms. The summed E-state index contributed by atoms with van der Waals surface area (Å²) >= 11 is 1.98. The number of thioether (sulfide) groups is 1. The van der Waals surface area contributed by atoms with Crippen molar-refractivity contribution < 1.29 is 0 Å². The van der Waals surface area contributed by atoms with E-state index in [9.17, 15) is 0 Å². The number of halogens is 1. The molecule has 2 aliphatic rings. The van der Waals surface area contributed by atoms with E-state index >= 15 is 0 Å². The van der Waals surface area contributed by atoms with E-state index in [-0.39, 0.29) is 28.7 Å². The third-order valence-electron chi connectivity index (χ3n) is 5.68. The first-order valence-electron chi connectivity index (χ1n) is 11.3. The fraction of sp³-hybridized carbons (Fsp3) is 0.522. The highest BCUT2D eigenvalue weighted by atomic mass is 127. The Morgan fingerprint density at radius 2 is 1.75 bits per heavy atom. The van der Waals surface area contributed by atoms with Gasteiger partial charge >= 0.3 is 0 Å². The molecule has 2 aromatic rings. The maximum absolute atomic E-state index is 4.91. The smallest absolute Gasteiger partial charge is 0.225 e. The summed E-state index contributed by atoms with van der Waals surface area (Å²) in [6.45, 7) is 9.76. The van der Waals surface area contributed by atoms with Crippen LogP contribution in [-0.4, -0.2) is 77.9 Å². The fourth-order valence-corrected chi connectivity index (χ4v) is 4.92. The van der Waals surface area contributed by atoms with E-state index in [1.165, 1.54) is 17.7 Å². The molecule has 4 rings (SSSR count). The van der Waals surface area contributed by atoms with Crippen molar-refractivity contribution in [2.24, 2.45) is 4.99 Å². The number of hydrogen-bond acceptors (Lipinski definition) is 6. The number of anilines is 1. The van der Waals surface area contributed by atoms with Crippen molar-refractivity contribution in [2.75, 3.05) is 57.3 Å². The molecule has 174 valence electrons. The Kier molecular flexibility index (Phi) is 9.86. The van der Waals surface area contributed by atoms with Crippen LogP contribution in [0, 0.1) is 0 Å². The van der Waals surface area contributed by atoms with Crippen LogP contribution in [0.25, 0.3) is 0 Å². The van der Waals surface area contributed by atoms with Gasteiger partial charge in [-0.15, -0.1) is 35.7 Å². The van der Waals surface area contributed by atoms with Crippen molar-refractivity contribution in [3.8, 4) is 0 Å². The van der Waals surface area contributed by atoms with Crippen LogP contribution in [0.3, 0.4) is 0 Å². The molecule has 1 aliphatic heterocycles. The Bertz CT molecular complexity index is 825. The van der Waals surface area contributed by atoms with E-state index in [0.717, 1.165) is 64.3 Å². The summed E-state index contributed by atoms with van der Waals surface area (Å²) in [5.74, 6) is 1.77. The second-order valence-corrected chi connectivity index (χ2v) is 9.64. The summed E-state index contributed by atoms with van der Waals surface area (Å²) in [7, 11) is 0. The predicted octanol–water partition coefficient (Wildman–Crippen LogP) is 3.10. The molecular weight excluding hydrogens is 533 g/mol. The molecule has 2 N–H and O–H groups in total. The second-order valence-electron chi connectivity index (χ2n) is 8.10. The zero-order valence-corrected chi connectivity index (χ0v) is 21.9. The van der Waals surface area contributed by atoms with Crippen LogP contribution in [-0.2, 0) is 0 Å². The van der Waals surface area contributed by atoms with Gasteiger partial charge in [0.05, 0.1) is 6.54 Å². The van der Waals surface area contributed by atoms with Gasteiger partial charge in [0, 0.05) is 67.8 Å². The maximum Gasteiger partial charge on any atom is 0.225 e. The molecule has 0 unspecified atom stereocenters. The normalized spacial score (nSPS) is 18.0. The third-order valence-corrected chi connectivity index (χ3v) is 7.16. The number of aliphatic imine (C=N–C) groups is 1. The van der Waals surface area contributed by atoms with Gasteiger partial charge in [-0.25, -0.2) is 9.97 Å². The van der Waals surface area contributed by atoms with Crippen molar-refractivity contribution >= 4 is 47.6 Å². The van der Waals surface area contributed by atoms with Gasteiger partial charge in [0.1, 0.15) is 0 Å². The molecule has 2 fully saturated rings. The van der Waals surface area contributed by atoms with Crippen LogP contribution in [0.5, 0.6) is 0 Å². The monoisotopic (exact) mass is 567 g/mol. The van der Waals surface area contributed by atoms with Gasteiger partial charge in [0.15, 0.2) is 5.96 Å². The molecule has 1 saturated heterocycles. The van der Waals surface area contributed by atoms with Crippen LogP contribution in [0.1, 0.15) is 19.8 Å². The van der Waals surface area contributed by atoms with Gasteiger partial charge in [-0.2, -0.15) is 0 Å². The quantitative estimate of drug-likeness (QED) is 0.274. The maximum atomic E-state index is 4.91.